The number of rotatable bonds is 1. The Hall–Kier alpha value is -0.240. The summed E-state index contributed by atoms with van der Waals surface area (Å²) in [5.74, 6) is 0.510. The molecule has 0 aromatic rings. The molecule has 0 saturated heterocycles. The van der Waals surface area contributed by atoms with Crippen LogP contribution in [-0.2, 0) is 4.84 Å². The van der Waals surface area contributed by atoms with E-state index < -0.39 is 0 Å². The summed E-state index contributed by atoms with van der Waals surface area (Å²) in [4.78, 5) is 4.68. The zero-order chi connectivity index (χ0) is 5.11. The zero-order valence-electron chi connectivity index (χ0n) is 3.72. The number of alkyl halides is 1. The number of hydrogen-bond acceptors (Lipinski definition) is 2. The molecule has 0 aliphatic carbocycles. The fourth-order valence-electron chi connectivity index (χ4n) is 0.371. The van der Waals surface area contributed by atoms with Crippen molar-refractivity contribution in [3.8, 4) is 0 Å². The van der Waals surface area contributed by atoms with E-state index in [4.69, 9.17) is 11.6 Å². The minimum absolute atomic E-state index is 0.0849. The van der Waals surface area contributed by atoms with E-state index in [0.29, 0.717) is 5.88 Å². The standard InChI is InChI=1S/C4H5ClNO/c5-3-4-1-2-6-7-4/h4H,1,3H2. The van der Waals surface area contributed by atoms with Gasteiger partial charge in [-0.05, 0) is 0 Å². The van der Waals surface area contributed by atoms with Crippen LogP contribution in [0, 0.1) is 0 Å². The first-order chi connectivity index (χ1) is 3.43. The van der Waals surface area contributed by atoms with Gasteiger partial charge in [0.05, 0.1) is 5.88 Å². The lowest BCUT2D eigenvalue weighted by molar-refractivity contribution is 0.102. The molecule has 0 saturated carbocycles. The summed E-state index contributed by atoms with van der Waals surface area (Å²) in [5, 5.41) is 3.40. The van der Waals surface area contributed by atoms with Crippen molar-refractivity contribution in [1.82, 2.24) is 0 Å². The van der Waals surface area contributed by atoms with E-state index in [-0.39, 0.29) is 6.10 Å². The molecule has 1 aliphatic heterocycles. The van der Waals surface area contributed by atoms with Crippen LogP contribution in [0.2, 0.25) is 0 Å². The van der Waals surface area contributed by atoms with Crippen LogP contribution in [0.3, 0.4) is 0 Å². The molecule has 1 rings (SSSR count). The Balaban J connectivity index is 2.22. The molecule has 1 heterocycles. The van der Waals surface area contributed by atoms with E-state index in [1.165, 1.54) is 0 Å². The maximum absolute atomic E-state index is 5.38. The lowest BCUT2D eigenvalue weighted by atomic mass is 10.3. The topological polar surface area (TPSA) is 21.6 Å². The first kappa shape index (κ1) is 4.91. The SMILES string of the molecule is ClCC1C[C]=NO1. The third-order valence-electron chi connectivity index (χ3n) is 0.757. The molecular formula is C4H5ClNO. The van der Waals surface area contributed by atoms with E-state index in [9.17, 15) is 0 Å². The summed E-state index contributed by atoms with van der Waals surface area (Å²) in [6.45, 7) is 0. The van der Waals surface area contributed by atoms with Crippen LogP contribution in [-0.4, -0.2) is 18.2 Å². The van der Waals surface area contributed by atoms with Gasteiger partial charge in [0.2, 0.25) is 0 Å². The lowest BCUT2D eigenvalue weighted by Crippen LogP contribution is -2.05. The van der Waals surface area contributed by atoms with Crippen molar-refractivity contribution in [1.29, 1.82) is 0 Å². The molecule has 1 atom stereocenters. The largest absolute Gasteiger partial charge is 0.391 e. The summed E-state index contributed by atoms with van der Waals surface area (Å²) >= 11 is 5.38. The van der Waals surface area contributed by atoms with Crippen LogP contribution in [0.1, 0.15) is 6.42 Å². The van der Waals surface area contributed by atoms with Gasteiger partial charge in [0, 0.05) is 6.42 Å². The van der Waals surface area contributed by atoms with Crippen LogP contribution in [0.25, 0.3) is 0 Å². The quantitative estimate of drug-likeness (QED) is 0.469. The fourth-order valence-corrected chi connectivity index (χ4v) is 0.536. The molecule has 3 heteroatoms. The van der Waals surface area contributed by atoms with Crippen molar-refractivity contribution in [2.75, 3.05) is 5.88 Å². The Morgan fingerprint density at radius 1 is 2.00 bits per heavy atom. The first-order valence-corrected chi connectivity index (χ1v) is 2.61. The van der Waals surface area contributed by atoms with Crippen molar-refractivity contribution in [2.24, 2.45) is 5.16 Å². The molecule has 0 fully saturated rings. The summed E-state index contributed by atoms with van der Waals surface area (Å²) in [7, 11) is 0. The van der Waals surface area contributed by atoms with Crippen LogP contribution in [0.5, 0.6) is 0 Å². The first-order valence-electron chi connectivity index (χ1n) is 2.08. The second kappa shape index (κ2) is 2.17. The Kier molecular flexibility index (Phi) is 1.52. The molecule has 1 unspecified atom stereocenters. The zero-order valence-corrected chi connectivity index (χ0v) is 4.48. The van der Waals surface area contributed by atoms with E-state index in [0.717, 1.165) is 6.42 Å². The molecule has 0 N–H and O–H groups in total. The van der Waals surface area contributed by atoms with Crippen molar-refractivity contribution >= 4 is 17.8 Å². The third-order valence-corrected chi connectivity index (χ3v) is 1.10. The minimum Gasteiger partial charge on any atom is -0.391 e. The maximum atomic E-state index is 5.38. The van der Waals surface area contributed by atoms with Gasteiger partial charge in [-0.2, -0.15) is 0 Å². The second-order valence-electron chi connectivity index (χ2n) is 1.34. The molecule has 39 valence electrons. The number of halogens is 1. The van der Waals surface area contributed by atoms with E-state index >= 15 is 0 Å². The minimum atomic E-state index is 0.0849. The van der Waals surface area contributed by atoms with Crippen LogP contribution < -0.4 is 0 Å². The Bertz CT molecular complexity index is 75.8. The van der Waals surface area contributed by atoms with Crippen LogP contribution >= 0.6 is 11.6 Å². The molecule has 0 spiro atoms. The van der Waals surface area contributed by atoms with E-state index in [2.05, 4.69) is 16.2 Å². The van der Waals surface area contributed by atoms with Gasteiger partial charge in [0.25, 0.3) is 0 Å². The molecule has 0 bridgehead atoms. The maximum Gasteiger partial charge on any atom is 0.146 e. The van der Waals surface area contributed by atoms with Gasteiger partial charge < -0.3 is 4.84 Å². The van der Waals surface area contributed by atoms with Gasteiger partial charge in [-0.1, -0.05) is 5.16 Å². The van der Waals surface area contributed by atoms with Crippen molar-refractivity contribution in [3.63, 3.8) is 0 Å². The monoisotopic (exact) mass is 118 g/mol. The van der Waals surface area contributed by atoms with Gasteiger partial charge in [-0.25, -0.2) is 0 Å². The van der Waals surface area contributed by atoms with Gasteiger partial charge in [0.1, 0.15) is 12.3 Å². The summed E-state index contributed by atoms with van der Waals surface area (Å²) in [6, 6.07) is 0. The highest BCUT2D eigenvalue weighted by atomic mass is 35.5. The Morgan fingerprint density at radius 2 is 2.86 bits per heavy atom. The van der Waals surface area contributed by atoms with Crippen LogP contribution in [0.15, 0.2) is 5.16 Å². The smallest absolute Gasteiger partial charge is 0.146 e. The second-order valence-corrected chi connectivity index (χ2v) is 1.64. The Morgan fingerprint density at radius 3 is 3.14 bits per heavy atom. The van der Waals surface area contributed by atoms with Crippen molar-refractivity contribution in [2.45, 2.75) is 12.5 Å². The Labute approximate surface area is 47.1 Å². The van der Waals surface area contributed by atoms with E-state index in [1.54, 1.807) is 0 Å². The number of hydrogen-bond donors (Lipinski definition) is 0. The molecular weight excluding hydrogens is 114 g/mol. The highest BCUT2D eigenvalue weighted by Crippen LogP contribution is 2.04. The molecule has 0 amide bonds. The van der Waals surface area contributed by atoms with Crippen LogP contribution in [0.4, 0.5) is 0 Å². The summed E-state index contributed by atoms with van der Waals surface area (Å²) < 4.78 is 0. The fraction of sp³-hybridized carbons (Fsp3) is 0.750. The molecule has 1 aliphatic rings. The highest BCUT2D eigenvalue weighted by Gasteiger charge is 2.10. The highest BCUT2D eigenvalue weighted by molar-refractivity contribution is 6.18. The molecule has 2 nitrogen and oxygen atoms in total. The van der Waals surface area contributed by atoms with Crippen molar-refractivity contribution in [3.05, 3.63) is 0 Å². The van der Waals surface area contributed by atoms with Gasteiger partial charge >= 0.3 is 0 Å². The molecule has 1 radical (unpaired) electrons. The third kappa shape index (κ3) is 1.06. The van der Waals surface area contributed by atoms with E-state index in [1.807, 2.05) is 0 Å². The predicted molar refractivity (Wildman–Crippen MR) is 27.6 cm³/mol. The van der Waals surface area contributed by atoms with Gasteiger partial charge in [-0.3, -0.25) is 0 Å². The lowest BCUT2D eigenvalue weighted by Gasteiger charge is -1.98. The average Bonchev–Trinajstić information content (AvgIpc) is 2.14. The number of nitrogens with zero attached hydrogens (tertiary/aromatic N) is 1. The molecule has 0 aromatic heterocycles. The van der Waals surface area contributed by atoms with Gasteiger partial charge in [0.15, 0.2) is 0 Å². The summed E-state index contributed by atoms with van der Waals surface area (Å²) in [6.07, 6.45) is 3.47. The summed E-state index contributed by atoms with van der Waals surface area (Å²) in [5.41, 5.74) is 0. The molecule has 0 aromatic carbocycles. The van der Waals surface area contributed by atoms with Gasteiger partial charge in [-0.15, -0.1) is 11.6 Å². The molecule has 7 heavy (non-hydrogen) atoms. The average molecular weight is 119 g/mol. The normalized spacial score (nSPS) is 27.9. The predicted octanol–water partition coefficient (Wildman–Crippen LogP) is 0.877. The van der Waals surface area contributed by atoms with Crippen molar-refractivity contribution < 1.29 is 4.84 Å².